The van der Waals surface area contributed by atoms with Crippen molar-refractivity contribution in [2.75, 3.05) is 11.9 Å². The summed E-state index contributed by atoms with van der Waals surface area (Å²) in [6.07, 6.45) is 7.16. The van der Waals surface area contributed by atoms with Crippen molar-refractivity contribution in [2.45, 2.75) is 25.8 Å². The molecule has 5 nitrogen and oxygen atoms in total. The lowest BCUT2D eigenvalue weighted by Crippen LogP contribution is -2.40. The van der Waals surface area contributed by atoms with Crippen molar-refractivity contribution >= 4 is 11.6 Å². The van der Waals surface area contributed by atoms with E-state index in [1.54, 1.807) is 12.5 Å². The second-order valence-electron chi connectivity index (χ2n) is 5.59. The summed E-state index contributed by atoms with van der Waals surface area (Å²) >= 11 is 0. The van der Waals surface area contributed by atoms with E-state index in [2.05, 4.69) is 22.5 Å². The average Bonchev–Trinajstić information content (AvgIpc) is 3.02. The largest absolute Gasteiger partial charge is 0.326 e. The molecule has 1 saturated heterocycles. The standard InChI is InChI=1S/C16H20N4O/c1-12-9-13(5-6-18-12)16(21)19-14-3-2-4-15(10-14)20-8-7-17-11-20/h2-4,7-8,10-13,18H,5-6,9H2,1H3,(H,19,21). The molecular formula is C16H20N4O. The fraction of sp³-hybridized carbons (Fsp3) is 0.375. The van der Waals surface area contributed by atoms with E-state index >= 15 is 0 Å². The Morgan fingerprint density at radius 2 is 2.38 bits per heavy atom. The van der Waals surface area contributed by atoms with Gasteiger partial charge in [-0.25, -0.2) is 4.98 Å². The average molecular weight is 284 g/mol. The van der Waals surface area contributed by atoms with Crippen LogP contribution in [-0.2, 0) is 4.79 Å². The molecular weight excluding hydrogens is 264 g/mol. The molecule has 0 radical (unpaired) electrons. The molecule has 2 aromatic rings. The third kappa shape index (κ3) is 3.31. The van der Waals surface area contributed by atoms with Crippen LogP contribution in [0, 0.1) is 5.92 Å². The van der Waals surface area contributed by atoms with Crippen LogP contribution in [0.2, 0.25) is 0 Å². The first-order chi connectivity index (χ1) is 10.2. The Labute approximate surface area is 124 Å². The summed E-state index contributed by atoms with van der Waals surface area (Å²) in [4.78, 5) is 16.4. The van der Waals surface area contributed by atoms with Crippen LogP contribution in [0.4, 0.5) is 5.69 Å². The van der Waals surface area contributed by atoms with Gasteiger partial charge < -0.3 is 15.2 Å². The number of hydrogen-bond acceptors (Lipinski definition) is 3. The van der Waals surface area contributed by atoms with Gasteiger partial charge in [-0.1, -0.05) is 6.07 Å². The second kappa shape index (κ2) is 6.10. The maximum absolute atomic E-state index is 12.4. The van der Waals surface area contributed by atoms with Crippen LogP contribution in [0.3, 0.4) is 0 Å². The molecule has 2 atom stereocenters. The van der Waals surface area contributed by atoms with Crippen molar-refractivity contribution in [3.8, 4) is 5.69 Å². The summed E-state index contributed by atoms with van der Waals surface area (Å²) in [7, 11) is 0. The van der Waals surface area contributed by atoms with Gasteiger partial charge in [0, 0.05) is 35.7 Å². The van der Waals surface area contributed by atoms with Crippen LogP contribution < -0.4 is 10.6 Å². The number of carbonyl (C=O) groups is 1. The number of carbonyl (C=O) groups excluding carboxylic acids is 1. The molecule has 21 heavy (non-hydrogen) atoms. The molecule has 110 valence electrons. The van der Waals surface area contributed by atoms with E-state index in [9.17, 15) is 4.79 Å². The molecule has 2 unspecified atom stereocenters. The maximum atomic E-state index is 12.4. The van der Waals surface area contributed by atoms with Crippen molar-refractivity contribution in [3.63, 3.8) is 0 Å². The van der Waals surface area contributed by atoms with Gasteiger partial charge in [-0.15, -0.1) is 0 Å². The topological polar surface area (TPSA) is 59.0 Å². The smallest absolute Gasteiger partial charge is 0.227 e. The van der Waals surface area contributed by atoms with Gasteiger partial charge in [0.1, 0.15) is 0 Å². The van der Waals surface area contributed by atoms with Crippen LogP contribution in [-0.4, -0.2) is 28.0 Å². The quantitative estimate of drug-likeness (QED) is 0.908. The highest BCUT2D eigenvalue weighted by molar-refractivity contribution is 5.92. The summed E-state index contributed by atoms with van der Waals surface area (Å²) in [6, 6.07) is 8.22. The van der Waals surface area contributed by atoms with Gasteiger partial charge in [0.05, 0.1) is 6.33 Å². The molecule has 1 aromatic carbocycles. The Hall–Kier alpha value is -2.14. The molecule has 1 aliphatic heterocycles. The van der Waals surface area contributed by atoms with E-state index < -0.39 is 0 Å². The number of nitrogens with zero attached hydrogens (tertiary/aromatic N) is 2. The summed E-state index contributed by atoms with van der Waals surface area (Å²) in [5.41, 5.74) is 1.82. The van der Waals surface area contributed by atoms with Crippen molar-refractivity contribution < 1.29 is 4.79 Å². The van der Waals surface area contributed by atoms with E-state index in [1.807, 2.05) is 35.0 Å². The highest BCUT2D eigenvalue weighted by atomic mass is 16.1. The van der Waals surface area contributed by atoms with E-state index in [0.29, 0.717) is 6.04 Å². The monoisotopic (exact) mass is 284 g/mol. The number of benzene rings is 1. The molecule has 0 bridgehead atoms. The maximum Gasteiger partial charge on any atom is 0.227 e. The molecule has 2 N–H and O–H groups in total. The van der Waals surface area contributed by atoms with E-state index in [4.69, 9.17) is 0 Å². The number of aromatic nitrogens is 2. The zero-order valence-electron chi connectivity index (χ0n) is 12.1. The van der Waals surface area contributed by atoms with Gasteiger partial charge in [-0.05, 0) is 44.5 Å². The van der Waals surface area contributed by atoms with Crippen LogP contribution in [0.5, 0.6) is 0 Å². The number of nitrogens with one attached hydrogen (secondary N) is 2. The number of imidazole rings is 1. The number of anilines is 1. The van der Waals surface area contributed by atoms with Crippen LogP contribution in [0.15, 0.2) is 43.0 Å². The van der Waals surface area contributed by atoms with Crippen molar-refractivity contribution in [3.05, 3.63) is 43.0 Å². The molecule has 1 fully saturated rings. The van der Waals surface area contributed by atoms with E-state index in [1.165, 1.54) is 0 Å². The van der Waals surface area contributed by atoms with Gasteiger partial charge in [0.2, 0.25) is 5.91 Å². The summed E-state index contributed by atoms with van der Waals surface area (Å²) in [5, 5.41) is 6.40. The molecule has 0 saturated carbocycles. The van der Waals surface area contributed by atoms with Gasteiger partial charge in [0.25, 0.3) is 0 Å². The lowest BCUT2D eigenvalue weighted by Gasteiger charge is -2.27. The Bertz CT molecular complexity index is 608. The fourth-order valence-electron chi connectivity index (χ4n) is 2.77. The first-order valence-corrected chi connectivity index (χ1v) is 7.35. The van der Waals surface area contributed by atoms with Gasteiger partial charge in [0.15, 0.2) is 0 Å². The lowest BCUT2D eigenvalue weighted by molar-refractivity contribution is -0.120. The predicted molar refractivity (Wildman–Crippen MR) is 82.4 cm³/mol. The summed E-state index contributed by atoms with van der Waals surface area (Å²) in [5.74, 6) is 0.212. The van der Waals surface area contributed by atoms with Crippen LogP contribution in [0.25, 0.3) is 5.69 Å². The Morgan fingerprint density at radius 3 is 3.14 bits per heavy atom. The number of piperidine rings is 1. The normalized spacial score (nSPS) is 22.0. The molecule has 0 spiro atoms. The number of hydrogen-bond donors (Lipinski definition) is 2. The Morgan fingerprint density at radius 1 is 1.48 bits per heavy atom. The molecule has 5 heteroatoms. The fourth-order valence-corrected chi connectivity index (χ4v) is 2.77. The lowest BCUT2D eigenvalue weighted by atomic mass is 9.92. The van der Waals surface area contributed by atoms with Crippen LogP contribution >= 0.6 is 0 Å². The van der Waals surface area contributed by atoms with Gasteiger partial charge in [-0.3, -0.25) is 4.79 Å². The predicted octanol–water partition coefficient (Wildman–Crippen LogP) is 2.20. The number of rotatable bonds is 3. The highest BCUT2D eigenvalue weighted by Gasteiger charge is 2.24. The van der Waals surface area contributed by atoms with Crippen LogP contribution in [0.1, 0.15) is 19.8 Å². The summed E-state index contributed by atoms with van der Waals surface area (Å²) in [6.45, 7) is 3.04. The highest BCUT2D eigenvalue weighted by Crippen LogP contribution is 2.20. The summed E-state index contributed by atoms with van der Waals surface area (Å²) < 4.78 is 1.92. The van der Waals surface area contributed by atoms with E-state index in [-0.39, 0.29) is 11.8 Å². The Kier molecular flexibility index (Phi) is 4.01. The van der Waals surface area contributed by atoms with Crippen molar-refractivity contribution in [2.24, 2.45) is 5.92 Å². The Balaban J connectivity index is 1.70. The number of amides is 1. The van der Waals surface area contributed by atoms with E-state index in [0.717, 1.165) is 30.8 Å². The minimum Gasteiger partial charge on any atom is -0.326 e. The molecule has 1 amide bonds. The van der Waals surface area contributed by atoms with Gasteiger partial charge >= 0.3 is 0 Å². The first-order valence-electron chi connectivity index (χ1n) is 7.35. The first kappa shape index (κ1) is 13.8. The molecule has 3 rings (SSSR count). The third-order valence-electron chi connectivity index (χ3n) is 3.91. The molecule has 1 aliphatic rings. The van der Waals surface area contributed by atoms with Crippen molar-refractivity contribution in [1.82, 2.24) is 14.9 Å². The minimum atomic E-state index is 0.0955. The third-order valence-corrected chi connectivity index (χ3v) is 3.91. The van der Waals surface area contributed by atoms with Crippen molar-refractivity contribution in [1.29, 1.82) is 0 Å². The SMILES string of the molecule is CC1CC(C(=O)Nc2cccc(-n3ccnc3)c2)CCN1. The second-order valence-corrected chi connectivity index (χ2v) is 5.59. The zero-order valence-corrected chi connectivity index (χ0v) is 12.1. The molecule has 0 aliphatic carbocycles. The molecule has 1 aromatic heterocycles. The molecule has 2 heterocycles. The van der Waals surface area contributed by atoms with Gasteiger partial charge in [-0.2, -0.15) is 0 Å². The minimum absolute atomic E-state index is 0.0955. The zero-order chi connectivity index (χ0) is 14.7.